The van der Waals surface area contributed by atoms with Crippen LogP contribution in [0.4, 0.5) is 0 Å². The lowest BCUT2D eigenvalue weighted by molar-refractivity contribution is 0.408. The van der Waals surface area contributed by atoms with Crippen LogP contribution in [0.25, 0.3) is 10.3 Å². The average Bonchev–Trinajstić information content (AvgIpc) is 2.37. The Bertz CT molecular complexity index is 392. The number of hydrogen-bond donors (Lipinski definition) is 0. The average molecular weight is 180 g/mol. The molecule has 0 bridgehead atoms. The predicted molar refractivity (Wildman–Crippen MR) is 52.6 cm³/mol. The fraction of sp³-hybridized carbons (Fsp3) is 0.444. The minimum Gasteiger partial charge on any atom is -0.324 e. The Balaban J connectivity index is 2.69. The van der Waals surface area contributed by atoms with Gasteiger partial charge in [0.2, 0.25) is 0 Å². The summed E-state index contributed by atoms with van der Waals surface area (Å²) in [4.78, 5) is 5.46. The molecule has 0 aromatic carbocycles. The van der Waals surface area contributed by atoms with Crippen LogP contribution in [0.5, 0.6) is 0 Å². The standard InChI is InChI=1S/C9H12N2S/c1-9(2,3)11-6-10-8-7(11)4-5-12-8/h4-6H,1-3H3. The van der Waals surface area contributed by atoms with Gasteiger partial charge in [-0.1, -0.05) is 0 Å². The molecule has 0 aliphatic heterocycles. The molecule has 2 heterocycles. The summed E-state index contributed by atoms with van der Waals surface area (Å²) < 4.78 is 2.21. The van der Waals surface area contributed by atoms with Gasteiger partial charge >= 0.3 is 0 Å². The number of aromatic nitrogens is 2. The van der Waals surface area contributed by atoms with Gasteiger partial charge < -0.3 is 4.57 Å². The molecule has 0 saturated carbocycles. The molecule has 0 radical (unpaired) electrons. The largest absolute Gasteiger partial charge is 0.324 e. The molecule has 0 unspecified atom stereocenters. The van der Waals surface area contributed by atoms with Crippen LogP contribution in [0, 0.1) is 0 Å². The first-order valence-corrected chi connectivity index (χ1v) is 4.88. The van der Waals surface area contributed by atoms with Crippen molar-refractivity contribution < 1.29 is 0 Å². The first kappa shape index (κ1) is 7.80. The van der Waals surface area contributed by atoms with Gasteiger partial charge in [0, 0.05) is 5.54 Å². The molecule has 0 N–H and O–H groups in total. The van der Waals surface area contributed by atoms with E-state index in [-0.39, 0.29) is 5.54 Å². The van der Waals surface area contributed by atoms with Crippen LogP contribution in [0.1, 0.15) is 20.8 Å². The van der Waals surface area contributed by atoms with E-state index in [2.05, 4.69) is 41.8 Å². The normalized spacial score (nSPS) is 12.6. The third-order valence-corrected chi connectivity index (χ3v) is 2.71. The molecule has 0 spiro atoms. The second-order valence-electron chi connectivity index (χ2n) is 3.90. The Morgan fingerprint density at radius 3 is 2.83 bits per heavy atom. The lowest BCUT2D eigenvalue weighted by Crippen LogP contribution is -2.20. The van der Waals surface area contributed by atoms with Gasteiger partial charge in [-0.25, -0.2) is 4.98 Å². The number of imidazole rings is 1. The zero-order valence-electron chi connectivity index (χ0n) is 7.53. The van der Waals surface area contributed by atoms with Crippen LogP contribution < -0.4 is 0 Å². The molecule has 64 valence electrons. The highest BCUT2D eigenvalue weighted by Crippen LogP contribution is 2.24. The Morgan fingerprint density at radius 2 is 2.17 bits per heavy atom. The molecule has 2 aromatic rings. The highest BCUT2D eigenvalue weighted by Gasteiger charge is 2.15. The molecule has 0 atom stereocenters. The van der Waals surface area contributed by atoms with Crippen molar-refractivity contribution in [3.8, 4) is 0 Å². The Kier molecular flexibility index (Phi) is 1.51. The van der Waals surface area contributed by atoms with Crippen LogP contribution >= 0.6 is 11.3 Å². The van der Waals surface area contributed by atoms with Crippen molar-refractivity contribution in [3.05, 3.63) is 17.8 Å². The molecule has 0 aliphatic rings. The summed E-state index contributed by atoms with van der Waals surface area (Å²) in [5.41, 5.74) is 1.38. The van der Waals surface area contributed by atoms with Gasteiger partial charge in [-0.2, -0.15) is 0 Å². The van der Waals surface area contributed by atoms with Gasteiger partial charge in [0.15, 0.2) is 0 Å². The number of nitrogens with zero attached hydrogens (tertiary/aromatic N) is 2. The smallest absolute Gasteiger partial charge is 0.141 e. The SMILES string of the molecule is CC(C)(C)n1cnc2sccc21. The number of hydrogen-bond acceptors (Lipinski definition) is 2. The Hall–Kier alpha value is -0.830. The topological polar surface area (TPSA) is 17.8 Å². The highest BCUT2D eigenvalue weighted by molar-refractivity contribution is 7.16. The molecule has 0 fully saturated rings. The molecule has 3 heteroatoms. The lowest BCUT2D eigenvalue weighted by Gasteiger charge is -2.20. The van der Waals surface area contributed by atoms with Crippen molar-refractivity contribution in [1.82, 2.24) is 9.55 Å². The zero-order chi connectivity index (χ0) is 8.77. The Morgan fingerprint density at radius 1 is 1.42 bits per heavy atom. The van der Waals surface area contributed by atoms with Crippen LogP contribution in [-0.2, 0) is 5.54 Å². The van der Waals surface area contributed by atoms with Crippen molar-refractivity contribution in [2.75, 3.05) is 0 Å². The monoisotopic (exact) mass is 180 g/mol. The summed E-state index contributed by atoms with van der Waals surface area (Å²) >= 11 is 1.69. The third-order valence-electron chi connectivity index (χ3n) is 1.90. The quantitative estimate of drug-likeness (QED) is 0.609. The van der Waals surface area contributed by atoms with Gasteiger partial charge in [-0.05, 0) is 32.2 Å². The van der Waals surface area contributed by atoms with Crippen molar-refractivity contribution in [3.63, 3.8) is 0 Å². The molecule has 12 heavy (non-hydrogen) atoms. The lowest BCUT2D eigenvalue weighted by atomic mass is 10.1. The van der Waals surface area contributed by atoms with E-state index in [0.717, 1.165) is 4.83 Å². The number of thiophene rings is 1. The van der Waals surface area contributed by atoms with E-state index in [0.29, 0.717) is 0 Å². The molecule has 0 amide bonds. The predicted octanol–water partition coefficient (Wildman–Crippen LogP) is 2.85. The molecule has 2 aromatic heterocycles. The molecule has 0 saturated heterocycles. The maximum atomic E-state index is 4.33. The van der Waals surface area contributed by atoms with Gasteiger partial charge in [-0.3, -0.25) is 0 Å². The molecule has 2 nitrogen and oxygen atoms in total. The Labute approximate surface area is 75.9 Å². The second kappa shape index (κ2) is 2.33. The molecular formula is C9H12N2S. The highest BCUT2D eigenvalue weighted by atomic mass is 32.1. The van der Waals surface area contributed by atoms with E-state index in [1.165, 1.54) is 5.52 Å². The van der Waals surface area contributed by atoms with Gasteiger partial charge in [-0.15, -0.1) is 11.3 Å². The van der Waals surface area contributed by atoms with Crippen LogP contribution in [0.2, 0.25) is 0 Å². The van der Waals surface area contributed by atoms with E-state index in [1.54, 1.807) is 11.3 Å². The van der Waals surface area contributed by atoms with Crippen LogP contribution in [0.15, 0.2) is 17.8 Å². The zero-order valence-corrected chi connectivity index (χ0v) is 8.35. The molecule has 0 aliphatic carbocycles. The van der Waals surface area contributed by atoms with E-state index >= 15 is 0 Å². The van der Waals surface area contributed by atoms with Gasteiger partial charge in [0.25, 0.3) is 0 Å². The van der Waals surface area contributed by atoms with Crippen molar-refractivity contribution in [2.45, 2.75) is 26.3 Å². The van der Waals surface area contributed by atoms with E-state index < -0.39 is 0 Å². The van der Waals surface area contributed by atoms with E-state index in [9.17, 15) is 0 Å². The third kappa shape index (κ3) is 1.05. The van der Waals surface area contributed by atoms with Crippen molar-refractivity contribution >= 4 is 21.7 Å². The first-order valence-electron chi connectivity index (χ1n) is 4.00. The van der Waals surface area contributed by atoms with Gasteiger partial charge in [0.05, 0.1) is 11.8 Å². The number of fused-ring (bicyclic) bond motifs is 1. The van der Waals surface area contributed by atoms with Crippen LogP contribution in [-0.4, -0.2) is 9.55 Å². The van der Waals surface area contributed by atoms with Crippen LogP contribution in [0.3, 0.4) is 0 Å². The fourth-order valence-corrected chi connectivity index (χ4v) is 2.00. The number of rotatable bonds is 0. The summed E-state index contributed by atoms with van der Waals surface area (Å²) in [6.07, 6.45) is 1.92. The summed E-state index contributed by atoms with van der Waals surface area (Å²) in [5.74, 6) is 0. The van der Waals surface area contributed by atoms with E-state index in [1.807, 2.05) is 6.33 Å². The summed E-state index contributed by atoms with van der Waals surface area (Å²) in [6, 6.07) is 2.12. The summed E-state index contributed by atoms with van der Waals surface area (Å²) in [5, 5.41) is 2.08. The van der Waals surface area contributed by atoms with Crippen molar-refractivity contribution in [2.24, 2.45) is 0 Å². The minimum atomic E-state index is 0.135. The molecular weight excluding hydrogens is 168 g/mol. The maximum Gasteiger partial charge on any atom is 0.141 e. The summed E-state index contributed by atoms with van der Waals surface area (Å²) in [7, 11) is 0. The van der Waals surface area contributed by atoms with Gasteiger partial charge in [0.1, 0.15) is 4.83 Å². The first-order chi connectivity index (χ1) is 5.59. The maximum absolute atomic E-state index is 4.33. The minimum absolute atomic E-state index is 0.135. The van der Waals surface area contributed by atoms with Crippen molar-refractivity contribution in [1.29, 1.82) is 0 Å². The summed E-state index contributed by atoms with van der Waals surface area (Å²) in [6.45, 7) is 6.56. The second-order valence-corrected chi connectivity index (χ2v) is 4.79. The molecule has 2 rings (SSSR count). The fourth-order valence-electron chi connectivity index (χ4n) is 1.28. The van der Waals surface area contributed by atoms with E-state index in [4.69, 9.17) is 0 Å².